The van der Waals surface area contributed by atoms with Crippen LogP contribution in [0.4, 0.5) is 51.2 Å². The van der Waals surface area contributed by atoms with Gasteiger partial charge in [0.05, 0.1) is 40.8 Å². The highest BCUT2D eigenvalue weighted by Gasteiger charge is 2.22. The fourth-order valence-corrected chi connectivity index (χ4v) is 12.8. The third kappa shape index (κ3) is 11.2. The van der Waals surface area contributed by atoms with Crippen molar-refractivity contribution in [3.05, 3.63) is 336 Å². The number of hydrogen-bond acceptors (Lipinski definition) is 8. The summed E-state index contributed by atoms with van der Waals surface area (Å²) in [5, 5.41) is 49.8. The van der Waals surface area contributed by atoms with E-state index in [1.54, 1.807) is 7.11 Å². The van der Waals surface area contributed by atoms with Gasteiger partial charge in [-0.3, -0.25) is 0 Å². The third-order valence-electron chi connectivity index (χ3n) is 17.4. The number of allylic oxidation sites excluding steroid dienone is 2. The quantitative estimate of drug-likeness (QED) is 0.0566. The summed E-state index contributed by atoms with van der Waals surface area (Å²) in [4.78, 5) is 6.71. The number of fused-ring (bicyclic) bond motifs is 5. The summed E-state index contributed by atoms with van der Waals surface area (Å²) in [6.45, 7) is 2.04. The highest BCUT2D eigenvalue weighted by molar-refractivity contribution is 6.14. The van der Waals surface area contributed by atoms with E-state index in [0.29, 0.717) is 22.3 Å². The zero-order valence-electron chi connectivity index (χ0n) is 51.5. The molecule has 8 heteroatoms. The van der Waals surface area contributed by atoms with Crippen LogP contribution in [0, 0.1) is 52.2 Å². The summed E-state index contributed by atoms with van der Waals surface area (Å²) in [6.07, 6.45) is 4.17. The summed E-state index contributed by atoms with van der Waals surface area (Å²) in [5.74, 6) is 0.761. The maximum atomic E-state index is 10.9. The Kier molecular flexibility index (Phi) is 16.0. The molecule has 0 aliphatic carbocycles. The van der Waals surface area contributed by atoms with E-state index >= 15 is 0 Å². The lowest BCUT2D eigenvalue weighted by Gasteiger charge is -2.27. The summed E-state index contributed by atoms with van der Waals surface area (Å²) in [5.41, 5.74) is 16.4. The van der Waals surface area contributed by atoms with Crippen LogP contribution in [0.2, 0.25) is 0 Å². The lowest BCUT2D eigenvalue weighted by atomic mass is 9.91. The maximum Gasteiger partial charge on any atom is 0.119 e. The first-order valence-electron chi connectivity index (χ1n) is 30.9. The van der Waals surface area contributed by atoms with Crippen LogP contribution in [0.5, 0.6) is 5.75 Å². The number of ether oxygens (including phenoxy) is 1. The lowest BCUT2D eigenvalue weighted by Crippen LogP contribution is -2.11. The van der Waals surface area contributed by atoms with Gasteiger partial charge in [-0.2, -0.15) is 21.0 Å². The lowest BCUT2D eigenvalue weighted by molar-refractivity contribution is 0.415. The van der Waals surface area contributed by atoms with Gasteiger partial charge in [-0.25, -0.2) is 0 Å². The standard InChI is InChI=1S/C86H57N7O/c1-58-25-49-77-79(51-58)80-52-60(30-50-78(80)84(57-90)83(77)56-89)27-26-59-28-37-68(38-29-59)91(69-45-47-74(94-2)48-46-69)73-20-10-17-66(53-73)61-31-39-70(40-32-61)93(86-24-12-16-63-14-7-9-22-76(63)86)72-43-35-65(36-44-72)82(55-88)81(54-87)64-33-41-71(42-34-64)92(67-18-4-3-5-19-67)85-23-11-15-62-13-6-8-21-75(62)85/h3-53H,1-2H3/b27-26+,82-81+. The molecule has 0 unspecified atom stereocenters. The maximum absolute atomic E-state index is 10.9. The van der Waals surface area contributed by atoms with Crippen LogP contribution >= 0.6 is 0 Å². The van der Waals surface area contributed by atoms with E-state index in [9.17, 15) is 21.0 Å². The third-order valence-corrected chi connectivity index (χ3v) is 17.4. The molecule has 442 valence electrons. The van der Waals surface area contributed by atoms with Crippen molar-refractivity contribution in [2.45, 2.75) is 6.92 Å². The van der Waals surface area contributed by atoms with E-state index in [-0.39, 0.29) is 11.1 Å². The summed E-state index contributed by atoms with van der Waals surface area (Å²) < 4.78 is 5.59. The Morgan fingerprint density at radius 2 is 0.755 bits per heavy atom. The minimum atomic E-state index is 0.284. The van der Waals surface area contributed by atoms with E-state index < -0.39 is 0 Å². The molecule has 94 heavy (non-hydrogen) atoms. The number of nitrogens with zero attached hydrogens (tertiary/aromatic N) is 7. The molecule has 0 heterocycles. The molecule has 0 atom stereocenters. The van der Waals surface area contributed by atoms with Crippen molar-refractivity contribution in [1.82, 2.24) is 0 Å². The molecular weight excluding hydrogens is 1150 g/mol. The van der Waals surface area contributed by atoms with Crippen molar-refractivity contribution in [3.8, 4) is 41.2 Å². The largest absolute Gasteiger partial charge is 0.497 e. The number of methoxy groups -OCH3 is 1. The highest BCUT2D eigenvalue weighted by Crippen LogP contribution is 2.44. The Labute approximate surface area is 546 Å². The molecule has 0 spiro atoms. The Morgan fingerprint density at radius 1 is 0.330 bits per heavy atom. The molecule has 0 aliphatic rings. The van der Waals surface area contributed by atoms with Gasteiger partial charge in [0, 0.05) is 61.4 Å². The normalized spacial score (nSPS) is 11.4. The number of benzene rings is 14. The average molecular weight is 1200 g/mol. The number of para-hydroxylation sites is 1. The monoisotopic (exact) mass is 1200 g/mol. The second-order valence-electron chi connectivity index (χ2n) is 23.0. The van der Waals surface area contributed by atoms with E-state index in [1.165, 1.54) is 0 Å². The minimum Gasteiger partial charge on any atom is -0.497 e. The van der Waals surface area contributed by atoms with Crippen molar-refractivity contribution in [2.24, 2.45) is 0 Å². The first kappa shape index (κ1) is 58.4. The smallest absolute Gasteiger partial charge is 0.119 e. The Balaban J connectivity index is 0.765. The Hall–Kier alpha value is -13.2. The SMILES string of the molecule is COc1ccc(N(c2ccc(/C=C/c3ccc4c(C#N)c(C#N)c5ccc(C)cc5c4c3)cc2)c2cccc(-c3ccc(N(c4ccc(/C(C#N)=C(\C#N)c5ccc(N(c6ccccc6)c6cccc7ccccc67)cc5)cc4)c4cccc5ccccc45)cc3)c2)cc1. The van der Waals surface area contributed by atoms with Crippen LogP contribution < -0.4 is 19.4 Å². The van der Waals surface area contributed by atoms with E-state index in [4.69, 9.17) is 4.74 Å². The van der Waals surface area contributed by atoms with Gasteiger partial charge < -0.3 is 19.4 Å². The van der Waals surface area contributed by atoms with Gasteiger partial charge in [-0.1, -0.05) is 200 Å². The van der Waals surface area contributed by atoms with Gasteiger partial charge in [0.15, 0.2) is 0 Å². The van der Waals surface area contributed by atoms with Gasteiger partial charge in [0.1, 0.15) is 30.0 Å². The Bertz CT molecular complexity index is 5450. The predicted molar refractivity (Wildman–Crippen MR) is 387 cm³/mol. The van der Waals surface area contributed by atoms with Gasteiger partial charge in [-0.05, 0) is 177 Å². The number of aryl methyl sites for hydroxylation is 1. The molecule has 0 aliphatic heterocycles. The number of rotatable bonds is 15. The molecule has 0 N–H and O–H groups in total. The molecule has 0 aromatic heterocycles. The topological polar surface area (TPSA) is 114 Å². The highest BCUT2D eigenvalue weighted by atomic mass is 16.5. The molecule has 0 radical (unpaired) electrons. The average Bonchev–Trinajstić information content (AvgIpc) is 0.774. The van der Waals surface area contributed by atoms with Crippen LogP contribution in [0.1, 0.15) is 38.9 Å². The van der Waals surface area contributed by atoms with Crippen molar-refractivity contribution in [1.29, 1.82) is 21.0 Å². The fourth-order valence-electron chi connectivity index (χ4n) is 12.8. The van der Waals surface area contributed by atoms with Crippen LogP contribution in [0.25, 0.3) is 77.5 Å². The van der Waals surface area contributed by atoms with E-state index in [1.807, 2.05) is 116 Å². The first-order chi connectivity index (χ1) is 46.3. The van der Waals surface area contributed by atoms with Crippen LogP contribution in [-0.2, 0) is 0 Å². The molecule has 14 aromatic carbocycles. The molecule has 0 amide bonds. The molecule has 0 fully saturated rings. The van der Waals surface area contributed by atoms with Crippen molar-refractivity contribution in [2.75, 3.05) is 21.8 Å². The molecule has 14 rings (SSSR count). The Morgan fingerprint density at radius 3 is 1.30 bits per heavy atom. The van der Waals surface area contributed by atoms with Gasteiger partial charge >= 0.3 is 0 Å². The van der Waals surface area contributed by atoms with Gasteiger partial charge in [0.25, 0.3) is 0 Å². The van der Waals surface area contributed by atoms with E-state index in [0.717, 1.165) is 128 Å². The van der Waals surface area contributed by atoms with Crippen LogP contribution in [0.15, 0.2) is 297 Å². The molecule has 8 nitrogen and oxygen atoms in total. The van der Waals surface area contributed by atoms with Crippen molar-refractivity contribution >= 4 is 118 Å². The zero-order chi connectivity index (χ0) is 64.1. The predicted octanol–water partition coefficient (Wildman–Crippen LogP) is 22.6. The summed E-state index contributed by atoms with van der Waals surface area (Å²) in [6, 6.07) is 111. The molecular formula is C86H57N7O. The van der Waals surface area contributed by atoms with E-state index in [2.05, 4.69) is 239 Å². The minimum absolute atomic E-state index is 0.284. The summed E-state index contributed by atoms with van der Waals surface area (Å²) in [7, 11) is 1.67. The van der Waals surface area contributed by atoms with Gasteiger partial charge in [0.2, 0.25) is 0 Å². The van der Waals surface area contributed by atoms with Crippen molar-refractivity contribution < 1.29 is 4.74 Å². The molecule has 14 aromatic rings. The zero-order valence-corrected chi connectivity index (χ0v) is 51.5. The number of nitriles is 4. The second kappa shape index (κ2) is 25.7. The number of hydrogen-bond donors (Lipinski definition) is 0. The van der Waals surface area contributed by atoms with Crippen LogP contribution in [0.3, 0.4) is 0 Å². The molecule has 0 saturated carbocycles. The first-order valence-corrected chi connectivity index (χ1v) is 30.9. The van der Waals surface area contributed by atoms with Crippen molar-refractivity contribution in [3.63, 3.8) is 0 Å². The summed E-state index contributed by atoms with van der Waals surface area (Å²) >= 11 is 0. The second-order valence-corrected chi connectivity index (χ2v) is 23.0. The fraction of sp³-hybridized carbons (Fsp3) is 0.0233. The molecule has 0 saturated heterocycles. The van der Waals surface area contributed by atoms with Gasteiger partial charge in [-0.15, -0.1) is 0 Å². The van der Waals surface area contributed by atoms with Crippen LogP contribution in [-0.4, -0.2) is 7.11 Å². The number of anilines is 9. The molecule has 0 bridgehead atoms.